The van der Waals surface area contributed by atoms with E-state index < -0.39 is 16.1 Å². The molecule has 6 nitrogen and oxygen atoms in total. The molecule has 4 aromatic rings. The van der Waals surface area contributed by atoms with E-state index in [2.05, 4.69) is 4.72 Å². The molecule has 3 heterocycles. The van der Waals surface area contributed by atoms with Gasteiger partial charge in [0.2, 0.25) is 10.0 Å². The topological polar surface area (TPSA) is 77.8 Å². The van der Waals surface area contributed by atoms with Crippen molar-refractivity contribution >= 4 is 32.3 Å². The molecular weight excluding hydrogens is 434 g/mol. The Hall–Kier alpha value is -2.81. The van der Waals surface area contributed by atoms with Crippen molar-refractivity contribution in [2.75, 3.05) is 13.2 Å². The molecule has 1 aliphatic rings. The van der Waals surface area contributed by atoms with Crippen molar-refractivity contribution in [3.05, 3.63) is 76.2 Å². The number of hydrogen-bond donors (Lipinski definition) is 1. The highest BCUT2D eigenvalue weighted by atomic mass is 32.2. The maximum absolute atomic E-state index is 13.4. The van der Waals surface area contributed by atoms with E-state index in [-0.39, 0.29) is 4.90 Å². The first-order valence-corrected chi connectivity index (χ1v) is 12.3. The van der Waals surface area contributed by atoms with E-state index in [1.165, 1.54) is 23.5 Å². The molecule has 2 aromatic heterocycles. The summed E-state index contributed by atoms with van der Waals surface area (Å²) in [6.45, 7) is 2.99. The maximum Gasteiger partial charge on any atom is 0.241 e. The number of rotatable bonds is 5. The van der Waals surface area contributed by atoms with Crippen molar-refractivity contribution in [2.24, 2.45) is 0 Å². The molecule has 1 N–H and O–H groups in total. The fraction of sp³-hybridized carbons (Fsp3) is 0.217. The molecule has 160 valence electrons. The van der Waals surface area contributed by atoms with Crippen LogP contribution >= 0.6 is 11.3 Å². The van der Waals surface area contributed by atoms with Crippen molar-refractivity contribution in [3.8, 4) is 11.5 Å². The van der Waals surface area contributed by atoms with E-state index in [9.17, 15) is 8.42 Å². The number of benzene rings is 2. The van der Waals surface area contributed by atoms with Gasteiger partial charge in [-0.25, -0.2) is 8.42 Å². The van der Waals surface area contributed by atoms with Crippen molar-refractivity contribution in [1.29, 1.82) is 0 Å². The molecule has 5 rings (SSSR count). The molecule has 0 aliphatic carbocycles. The molecule has 31 heavy (non-hydrogen) atoms. The molecule has 0 unspecified atom stereocenters. The third-order valence-corrected chi connectivity index (χ3v) is 7.70. The molecular formula is C23H21NO5S2. The standard InChI is InChI=1S/C23H21NO5S2/c1-15-9-12-30-23(15)22(21-13-16-5-2-3-6-18(16)29-21)24-31(25,26)17-7-8-19-20(14-17)28-11-4-10-27-19/h2-3,5-9,12-14,22,24H,4,10-11H2,1H3/t22-/m0/s1. The average Bonchev–Trinajstić information content (AvgIpc) is 3.31. The number of aryl methyl sites for hydroxylation is 1. The van der Waals surface area contributed by atoms with E-state index in [0.29, 0.717) is 36.1 Å². The van der Waals surface area contributed by atoms with Gasteiger partial charge in [-0.05, 0) is 48.2 Å². The minimum absolute atomic E-state index is 0.118. The van der Waals surface area contributed by atoms with Crippen LogP contribution < -0.4 is 14.2 Å². The lowest BCUT2D eigenvalue weighted by atomic mass is 10.1. The minimum atomic E-state index is -3.87. The smallest absolute Gasteiger partial charge is 0.241 e. The van der Waals surface area contributed by atoms with E-state index in [1.54, 1.807) is 6.07 Å². The molecule has 1 atom stereocenters. The predicted molar refractivity (Wildman–Crippen MR) is 119 cm³/mol. The molecule has 2 aromatic carbocycles. The van der Waals surface area contributed by atoms with Crippen LogP contribution in [0.4, 0.5) is 0 Å². The lowest BCUT2D eigenvalue weighted by molar-refractivity contribution is 0.297. The number of nitrogens with one attached hydrogen (secondary N) is 1. The Bertz CT molecular complexity index is 1310. The quantitative estimate of drug-likeness (QED) is 0.457. The first-order valence-electron chi connectivity index (χ1n) is 9.96. The zero-order chi connectivity index (χ0) is 21.4. The summed E-state index contributed by atoms with van der Waals surface area (Å²) in [4.78, 5) is 1.00. The van der Waals surface area contributed by atoms with E-state index >= 15 is 0 Å². The van der Waals surface area contributed by atoms with Crippen LogP contribution in [-0.4, -0.2) is 21.6 Å². The van der Waals surface area contributed by atoms with Crippen LogP contribution in [0.2, 0.25) is 0 Å². The Morgan fingerprint density at radius 3 is 2.58 bits per heavy atom. The van der Waals surface area contributed by atoms with Crippen LogP contribution in [0.25, 0.3) is 11.0 Å². The number of ether oxygens (including phenoxy) is 2. The molecule has 0 amide bonds. The summed E-state index contributed by atoms with van der Waals surface area (Å²) in [7, 11) is -3.87. The molecule has 0 spiro atoms. The second-order valence-corrected chi connectivity index (χ2v) is 10.0. The van der Waals surface area contributed by atoms with Gasteiger partial charge in [0.05, 0.1) is 18.1 Å². The summed E-state index contributed by atoms with van der Waals surface area (Å²) in [6.07, 6.45) is 0.751. The molecule has 1 aliphatic heterocycles. The van der Waals surface area contributed by atoms with Gasteiger partial charge in [0, 0.05) is 22.8 Å². The Morgan fingerprint density at radius 1 is 1.00 bits per heavy atom. The molecule has 0 saturated heterocycles. The van der Waals surface area contributed by atoms with Crippen molar-refractivity contribution in [1.82, 2.24) is 4.72 Å². The van der Waals surface area contributed by atoms with Gasteiger partial charge in [-0.1, -0.05) is 18.2 Å². The number of furan rings is 1. The van der Waals surface area contributed by atoms with Crippen molar-refractivity contribution in [2.45, 2.75) is 24.3 Å². The van der Waals surface area contributed by atoms with Gasteiger partial charge in [0.1, 0.15) is 17.4 Å². The fourth-order valence-corrected chi connectivity index (χ4v) is 5.85. The van der Waals surface area contributed by atoms with Crippen molar-refractivity contribution < 1.29 is 22.3 Å². The maximum atomic E-state index is 13.4. The largest absolute Gasteiger partial charge is 0.490 e. The van der Waals surface area contributed by atoms with Crippen LogP contribution in [0.5, 0.6) is 11.5 Å². The second kappa shape index (κ2) is 8.03. The van der Waals surface area contributed by atoms with E-state index in [0.717, 1.165) is 22.2 Å². The Kier molecular flexibility index (Phi) is 5.21. The Morgan fingerprint density at radius 2 is 1.81 bits per heavy atom. The summed E-state index contributed by atoms with van der Waals surface area (Å²) in [5, 5.41) is 2.87. The third kappa shape index (κ3) is 3.94. The normalized spacial score (nSPS) is 15.0. The summed E-state index contributed by atoms with van der Waals surface area (Å²) < 4.78 is 46.9. The monoisotopic (exact) mass is 455 g/mol. The van der Waals surface area contributed by atoms with Gasteiger partial charge >= 0.3 is 0 Å². The van der Waals surface area contributed by atoms with Crippen LogP contribution in [0, 0.1) is 6.92 Å². The Labute approximate surface area is 184 Å². The predicted octanol–water partition coefficient (Wildman–Crippen LogP) is 5.03. The summed E-state index contributed by atoms with van der Waals surface area (Å²) in [6, 6.07) is 15.5. The fourth-order valence-electron chi connectivity index (χ4n) is 3.60. The van der Waals surface area contributed by atoms with Gasteiger partial charge in [0.25, 0.3) is 0 Å². The third-order valence-electron chi connectivity index (χ3n) is 5.20. The first-order chi connectivity index (χ1) is 15.0. The van der Waals surface area contributed by atoms with E-state index in [1.807, 2.05) is 48.7 Å². The SMILES string of the molecule is Cc1ccsc1[C@@H](NS(=O)(=O)c1ccc2c(c1)OCCCO2)c1cc2ccccc2o1. The van der Waals surface area contributed by atoms with Gasteiger partial charge in [0.15, 0.2) is 11.5 Å². The van der Waals surface area contributed by atoms with E-state index in [4.69, 9.17) is 13.9 Å². The highest BCUT2D eigenvalue weighted by Gasteiger charge is 2.28. The molecule has 0 fully saturated rings. The zero-order valence-corrected chi connectivity index (χ0v) is 18.5. The lowest BCUT2D eigenvalue weighted by Gasteiger charge is -2.17. The Balaban J connectivity index is 1.54. The first kappa shape index (κ1) is 20.1. The number of fused-ring (bicyclic) bond motifs is 2. The van der Waals surface area contributed by atoms with Crippen LogP contribution in [0.1, 0.15) is 28.7 Å². The van der Waals surface area contributed by atoms with Crippen LogP contribution in [0.15, 0.2) is 69.3 Å². The highest BCUT2D eigenvalue weighted by Crippen LogP contribution is 2.36. The lowest BCUT2D eigenvalue weighted by Crippen LogP contribution is -2.29. The van der Waals surface area contributed by atoms with Gasteiger partial charge in [-0.2, -0.15) is 4.72 Å². The summed E-state index contributed by atoms with van der Waals surface area (Å²) >= 11 is 1.49. The average molecular weight is 456 g/mol. The van der Waals surface area contributed by atoms with Gasteiger partial charge in [-0.15, -0.1) is 11.3 Å². The van der Waals surface area contributed by atoms with Crippen molar-refractivity contribution in [3.63, 3.8) is 0 Å². The number of sulfonamides is 1. The molecule has 8 heteroatoms. The number of para-hydroxylation sites is 1. The van der Waals surface area contributed by atoms with Gasteiger partial charge in [-0.3, -0.25) is 0 Å². The zero-order valence-electron chi connectivity index (χ0n) is 16.8. The molecule has 0 saturated carbocycles. The molecule has 0 radical (unpaired) electrons. The van der Waals surface area contributed by atoms with Gasteiger partial charge < -0.3 is 13.9 Å². The second-order valence-electron chi connectivity index (χ2n) is 7.37. The molecule has 0 bridgehead atoms. The summed E-state index contributed by atoms with van der Waals surface area (Å²) in [5.41, 5.74) is 1.71. The minimum Gasteiger partial charge on any atom is -0.490 e. The highest BCUT2D eigenvalue weighted by molar-refractivity contribution is 7.89. The summed E-state index contributed by atoms with van der Waals surface area (Å²) in [5.74, 6) is 1.54. The van der Waals surface area contributed by atoms with Crippen LogP contribution in [0.3, 0.4) is 0 Å². The van der Waals surface area contributed by atoms with Crippen LogP contribution in [-0.2, 0) is 10.0 Å². The number of thiophene rings is 1. The number of hydrogen-bond acceptors (Lipinski definition) is 6.